The van der Waals surface area contributed by atoms with Crippen LogP contribution in [0, 0.1) is 0 Å². The molecule has 0 aliphatic carbocycles. The van der Waals surface area contributed by atoms with Crippen LogP contribution in [-0.2, 0) is 4.74 Å². The molecule has 1 aliphatic rings. The highest BCUT2D eigenvalue weighted by Crippen LogP contribution is 2.32. The van der Waals surface area contributed by atoms with Crippen LogP contribution in [0.25, 0.3) is 5.65 Å². The predicted molar refractivity (Wildman–Crippen MR) is 85.6 cm³/mol. The van der Waals surface area contributed by atoms with E-state index in [4.69, 9.17) is 4.74 Å². The van der Waals surface area contributed by atoms with E-state index in [1.165, 1.54) is 0 Å². The van der Waals surface area contributed by atoms with Crippen molar-refractivity contribution in [2.45, 2.75) is 45.3 Å². The third-order valence-corrected chi connectivity index (χ3v) is 3.96. The summed E-state index contributed by atoms with van der Waals surface area (Å²) >= 11 is 3.35. The molecule has 0 spiro atoms. The average molecular weight is 367 g/mol. The lowest BCUT2D eigenvalue weighted by molar-refractivity contribution is 0.0222. The maximum absolute atomic E-state index is 12.4. The van der Waals surface area contributed by atoms with Gasteiger partial charge in [0.25, 0.3) is 0 Å². The summed E-state index contributed by atoms with van der Waals surface area (Å²) in [6.07, 6.45) is 7.11. The van der Waals surface area contributed by atoms with Gasteiger partial charge < -0.3 is 9.14 Å². The van der Waals surface area contributed by atoms with E-state index < -0.39 is 5.60 Å². The maximum atomic E-state index is 12.4. The summed E-state index contributed by atoms with van der Waals surface area (Å²) in [5.41, 5.74) is 1.16. The Labute approximate surface area is 137 Å². The van der Waals surface area contributed by atoms with Crippen molar-refractivity contribution < 1.29 is 9.53 Å². The third-order valence-electron chi connectivity index (χ3n) is 3.55. The van der Waals surface area contributed by atoms with E-state index in [1.54, 1.807) is 11.1 Å². The van der Waals surface area contributed by atoms with E-state index in [9.17, 15) is 4.79 Å². The summed E-state index contributed by atoms with van der Waals surface area (Å²) in [5.74, 6) is 0. The van der Waals surface area contributed by atoms with Gasteiger partial charge in [0.15, 0.2) is 5.65 Å². The molecule has 2 aromatic heterocycles. The Kier molecular flexibility index (Phi) is 3.84. The van der Waals surface area contributed by atoms with Crippen molar-refractivity contribution in [3.63, 3.8) is 0 Å². The zero-order valence-electron chi connectivity index (χ0n) is 12.9. The zero-order valence-corrected chi connectivity index (χ0v) is 14.5. The summed E-state index contributed by atoms with van der Waals surface area (Å²) in [7, 11) is 0. The lowest BCUT2D eigenvalue weighted by Crippen LogP contribution is -2.36. The largest absolute Gasteiger partial charge is 0.444 e. The summed E-state index contributed by atoms with van der Waals surface area (Å²) in [6.45, 7) is 6.34. The van der Waals surface area contributed by atoms with Gasteiger partial charge in [-0.2, -0.15) is 0 Å². The Balaban J connectivity index is 1.86. The topological polar surface area (TPSA) is 59.7 Å². The molecule has 1 saturated heterocycles. The molecular formula is C15H19BrN4O2. The molecule has 7 heteroatoms. The standard InChI is InChI=1S/C15H19BrN4O2/c1-15(2,3)22-14(21)20-6-4-5-11(20)10-8-19-9-12(16)17-7-13(19)18-10/h7-9,11H,4-6H2,1-3H3. The van der Waals surface area contributed by atoms with E-state index in [2.05, 4.69) is 25.9 Å². The van der Waals surface area contributed by atoms with Crippen LogP contribution in [0.3, 0.4) is 0 Å². The molecular weight excluding hydrogens is 348 g/mol. The van der Waals surface area contributed by atoms with Crippen molar-refractivity contribution in [1.29, 1.82) is 0 Å². The molecule has 1 atom stereocenters. The van der Waals surface area contributed by atoms with Gasteiger partial charge in [-0.15, -0.1) is 0 Å². The first-order chi connectivity index (χ1) is 10.3. The summed E-state index contributed by atoms with van der Waals surface area (Å²) < 4.78 is 8.16. The summed E-state index contributed by atoms with van der Waals surface area (Å²) in [6, 6.07) is -0.0338. The van der Waals surface area contributed by atoms with Crippen LogP contribution in [0.1, 0.15) is 45.3 Å². The SMILES string of the molecule is CC(C)(C)OC(=O)N1CCCC1c1cn2cc(Br)ncc2n1. The molecule has 0 bridgehead atoms. The van der Waals surface area contributed by atoms with Crippen LogP contribution < -0.4 is 0 Å². The number of halogens is 1. The van der Waals surface area contributed by atoms with Gasteiger partial charge in [-0.1, -0.05) is 0 Å². The van der Waals surface area contributed by atoms with E-state index in [-0.39, 0.29) is 12.1 Å². The number of rotatable bonds is 1. The van der Waals surface area contributed by atoms with E-state index in [0.29, 0.717) is 6.54 Å². The van der Waals surface area contributed by atoms with Gasteiger partial charge >= 0.3 is 6.09 Å². The molecule has 118 valence electrons. The number of likely N-dealkylation sites (tertiary alicyclic amines) is 1. The Morgan fingerprint density at radius 3 is 2.91 bits per heavy atom. The van der Waals surface area contributed by atoms with Crippen LogP contribution in [-0.4, -0.2) is 37.5 Å². The van der Waals surface area contributed by atoms with Crippen molar-refractivity contribution in [2.24, 2.45) is 0 Å². The number of fused-ring (bicyclic) bond motifs is 1. The molecule has 3 rings (SSSR count). The molecule has 2 aromatic rings. The lowest BCUT2D eigenvalue weighted by atomic mass is 10.1. The third kappa shape index (κ3) is 3.09. The number of ether oxygens (including phenoxy) is 1. The first-order valence-corrected chi connectivity index (χ1v) is 8.12. The zero-order chi connectivity index (χ0) is 15.9. The Morgan fingerprint density at radius 2 is 2.18 bits per heavy atom. The molecule has 0 saturated carbocycles. The van der Waals surface area contributed by atoms with Crippen molar-refractivity contribution in [1.82, 2.24) is 19.3 Å². The van der Waals surface area contributed by atoms with Crippen LogP contribution >= 0.6 is 15.9 Å². The van der Waals surface area contributed by atoms with E-state index >= 15 is 0 Å². The second-order valence-corrected chi connectivity index (χ2v) is 7.29. The highest BCUT2D eigenvalue weighted by Gasteiger charge is 2.34. The number of hydrogen-bond donors (Lipinski definition) is 0. The maximum Gasteiger partial charge on any atom is 0.410 e. The Hall–Kier alpha value is -1.63. The predicted octanol–water partition coefficient (Wildman–Crippen LogP) is 3.56. The lowest BCUT2D eigenvalue weighted by Gasteiger charge is -2.27. The molecule has 22 heavy (non-hydrogen) atoms. The van der Waals surface area contributed by atoms with Crippen molar-refractivity contribution >= 4 is 27.7 Å². The summed E-state index contributed by atoms with van der Waals surface area (Å²) in [4.78, 5) is 22.9. The Bertz CT molecular complexity index is 707. The highest BCUT2D eigenvalue weighted by atomic mass is 79.9. The van der Waals surface area contributed by atoms with Crippen molar-refractivity contribution in [3.05, 3.63) is 28.9 Å². The summed E-state index contributed by atoms with van der Waals surface area (Å²) in [5, 5.41) is 0. The number of hydrogen-bond acceptors (Lipinski definition) is 4. The number of amides is 1. The van der Waals surface area contributed by atoms with Crippen molar-refractivity contribution in [2.75, 3.05) is 6.54 Å². The number of nitrogens with zero attached hydrogens (tertiary/aromatic N) is 4. The number of carbonyl (C=O) groups is 1. The van der Waals surface area contributed by atoms with Gasteiger partial charge in [0, 0.05) is 18.9 Å². The molecule has 1 aliphatic heterocycles. The number of imidazole rings is 1. The quantitative estimate of drug-likeness (QED) is 0.773. The minimum absolute atomic E-state index is 0.0338. The first kappa shape index (κ1) is 15.3. The minimum Gasteiger partial charge on any atom is -0.444 e. The molecule has 6 nitrogen and oxygen atoms in total. The van der Waals surface area contributed by atoms with Gasteiger partial charge in [-0.05, 0) is 49.5 Å². The molecule has 3 heterocycles. The van der Waals surface area contributed by atoms with Gasteiger partial charge in [0.1, 0.15) is 10.2 Å². The average Bonchev–Trinajstić information content (AvgIpc) is 3.01. The second kappa shape index (κ2) is 5.53. The molecule has 0 aromatic carbocycles. The van der Waals surface area contributed by atoms with Gasteiger partial charge in [0.2, 0.25) is 0 Å². The highest BCUT2D eigenvalue weighted by molar-refractivity contribution is 9.10. The Morgan fingerprint density at radius 1 is 1.41 bits per heavy atom. The van der Waals surface area contributed by atoms with Crippen LogP contribution in [0.15, 0.2) is 23.2 Å². The van der Waals surface area contributed by atoms with Gasteiger partial charge in [-0.3, -0.25) is 4.90 Å². The molecule has 1 fully saturated rings. The normalized spacial score (nSPS) is 18.9. The monoisotopic (exact) mass is 366 g/mol. The molecule has 1 amide bonds. The molecule has 0 N–H and O–H groups in total. The number of aromatic nitrogens is 3. The fourth-order valence-corrected chi connectivity index (χ4v) is 2.99. The van der Waals surface area contributed by atoms with E-state index in [0.717, 1.165) is 28.8 Å². The van der Waals surface area contributed by atoms with Gasteiger partial charge in [0.05, 0.1) is 17.9 Å². The van der Waals surface area contributed by atoms with Crippen molar-refractivity contribution in [3.8, 4) is 0 Å². The fourth-order valence-electron chi connectivity index (χ4n) is 2.67. The van der Waals surface area contributed by atoms with Gasteiger partial charge in [-0.25, -0.2) is 14.8 Å². The van der Waals surface area contributed by atoms with Crippen LogP contribution in [0.5, 0.6) is 0 Å². The van der Waals surface area contributed by atoms with Crippen LogP contribution in [0.4, 0.5) is 4.79 Å². The van der Waals surface area contributed by atoms with E-state index in [1.807, 2.05) is 37.6 Å². The smallest absolute Gasteiger partial charge is 0.410 e. The first-order valence-electron chi connectivity index (χ1n) is 7.33. The number of carbonyl (C=O) groups excluding carboxylic acids is 1. The molecule has 1 unspecified atom stereocenters. The second-order valence-electron chi connectivity index (χ2n) is 6.47. The van der Waals surface area contributed by atoms with Crippen LogP contribution in [0.2, 0.25) is 0 Å². The minimum atomic E-state index is -0.488. The molecule has 0 radical (unpaired) electrons. The fraction of sp³-hybridized carbons (Fsp3) is 0.533.